The van der Waals surface area contributed by atoms with Gasteiger partial charge in [-0.3, -0.25) is 14.4 Å². The van der Waals surface area contributed by atoms with Crippen molar-refractivity contribution in [1.82, 2.24) is 25.5 Å². The summed E-state index contributed by atoms with van der Waals surface area (Å²) in [5.41, 5.74) is 7.42. The van der Waals surface area contributed by atoms with Crippen molar-refractivity contribution in [2.45, 2.75) is 56.3 Å². The van der Waals surface area contributed by atoms with Gasteiger partial charge in [0.05, 0.1) is 12.4 Å². The monoisotopic (exact) mass is 530 g/mol. The first-order valence-electron chi connectivity index (χ1n) is 12.2. The normalized spacial score (nSPS) is 17.6. The predicted octanol–water partition coefficient (Wildman–Crippen LogP) is 0.321. The van der Waals surface area contributed by atoms with E-state index in [9.17, 15) is 24.3 Å². The molecule has 1 fully saturated rings. The van der Waals surface area contributed by atoms with Crippen molar-refractivity contribution in [3.8, 4) is 0 Å². The van der Waals surface area contributed by atoms with E-state index in [-0.39, 0.29) is 18.7 Å². The van der Waals surface area contributed by atoms with Crippen LogP contribution in [0.25, 0.3) is 0 Å². The maximum atomic E-state index is 13.3. The van der Waals surface area contributed by atoms with Crippen molar-refractivity contribution in [1.29, 1.82) is 0 Å². The molecule has 0 aliphatic carbocycles. The number of H-pyrrole nitrogens is 1. The van der Waals surface area contributed by atoms with Crippen LogP contribution in [0.2, 0.25) is 0 Å². The Labute approximate surface area is 220 Å². The number of aliphatic carboxylic acids is 1. The molecule has 4 unspecified atom stereocenters. The lowest BCUT2D eigenvalue weighted by Gasteiger charge is -2.28. The summed E-state index contributed by atoms with van der Waals surface area (Å²) in [6.07, 6.45) is 6.64. The van der Waals surface area contributed by atoms with Gasteiger partial charge in [-0.2, -0.15) is 11.8 Å². The van der Waals surface area contributed by atoms with Crippen molar-refractivity contribution in [3.05, 3.63) is 54.1 Å². The minimum Gasteiger partial charge on any atom is -0.480 e. The van der Waals surface area contributed by atoms with Crippen LogP contribution in [0.5, 0.6) is 0 Å². The minimum atomic E-state index is -1.22. The molecule has 4 atom stereocenters. The summed E-state index contributed by atoms with van der Waals surface area (Å²) in [7, 11) is 0. The third kappa shape index (κ3) is 8.05. The van der Waals surface area contributed by atoms with Gasteiger partial charge in [0.1, 0.15) is 18.1 Å². The average Bonchev–Trinajstić information content (AvgIpc) is 3.59. The molecule has 1 saturated heterocycles. The van der Waals surface area contributed by atoms with Crippen molar-refractivity contribution in [2.75, 3.05) is 18.6 Å². The molecule has 200 valence electrons. The van der Waals surface area contributed by atoms with E-state index in [1.807, 2.05) is 36.6 Å². The van der Waals surface area contributed by atoms with Crippen molar-refractivity contribution in [2.24, 2.45) is 5.73 Å². The largest absolute Gasteiger partial charge is 0.480 e. The summed E-state index contributed by atoms with van der Waals surface area (Å²) in [5.74, 6) is -1.84. The van der Waals surface area contributed by atoms with Gasteiger partial charge in [-0.15, -0.1) is 0 Å². The summed E-state index contributed by atoms with van der Waals surface area (Å²) < 4.78 is 0. The Kier molecular flexibility index (Phi) is 10.5. The van der Waals surface area contributed by atoms with Crippen LogP contribution in [0.4, 0.5) is 0 Å². The molecule has 1 aliphatic rings. The van der Waals surface area contributed by atoms with Crippen molar-refractivity contribution >= 4 is 35.5 Å². The number of carboxylic acid groups (broad SMARTS) is 1. The Bertz CT molecular complexity index is 1050. The number of nitrogens with zero attached hydrogens (tertiary/aromatic N) is 2. The minimum absolute atomic E-state index is 0.00587. The number of nitrogens with one attached hydrogen (secondary N) is 3. The van der Waals surface area contributed by atoms with E-state index in [1.165, 1.54) is 17.4 Å². The van der Waals surface area contributed by atoms with E-state index in [0.29, 0.717) is 31.5 Å². The third-order valence-corrected chi connectivity index (χ3v) is 6.94. The number of nitrogens with two attached hydrogens (primary N) is 1. The van der Waals surface area contributed by atoms with Gasteiger partial charge in [0, 0.05) is 31.3 Å². The van der Waals surface area contributed by atoms with Crippen LogP contribution in [-0.4, -0.2) is 86.4 Å². The molecule has 0 spiro atoms. The number of carbonyl (C=O) groups excluding carboxylic acids is 3. The molecule has 2 aromatic rings. The van der Waals surface area contributed by atoms with Crippen LogP contribution in [0.15, 0.2) is 42.9 Å². The number of benzene rings is 1. The fourth-order valence-electron chi connectivity index (χ4n) is 4.30. The summed E-state index contributed by atoms with van der Waals surface area (Å²) in [5, 5.41) is 15.0. The number of rotatable bonds is 13. The number of imidazole rings is 1. The number of aromatic nitrogens is 2. The molecule has 12 heteroatoms. The van der Waals surface area contributed by atoms with E-state index < -0.39 is 42.0 Å². The van der Waals surface area contributed by atoms with Crippen LogP contribution in [0.1, 0.15) is 30.5 Å². The highest BCUT2D eigenvalue weighted by molar-refractivity contribution is 7.98. The topological polar surface area (TPSA) is 171 Å². The molecular weight excluding hydrogens is 496 g/mol. The van der Waals surface area contributed by atoms with Crippen LogP contribution < -0.4 is 16.4 Å². The molecule has 0 saturated carbocycles. The molecule has 11 nitrogen and oxygen atoms in total. The van der Waals surface area contributed by atoms with Crippen LogP contribution >= 0.6 is 11.8 Å². The number of aromatic amines is 1. The first-order valence-corrected chi connectivity index (χ1v) is 13.6. The highest BCUT2D eigenvalue weighted by atomic mass is 32.2. The molecule has 0 bridgehead atoms. The zero-order valence-electron chi connectivity index (χ0n) is 20.8. The standard InChI is InChI=1S/C25H34N6O5S/c1-37-11-9-18(26)24(34)31-10-5-8-21(31)23(33)29-19(12-16-6-3-2-4-7-16)22(32)30-20(25(35)36)13-17-14-27-15-28-17/h2-4,6-7,14-15,18-21H,5,8-13,26H2,1H3,(H,27,28)(H,29,33)(H,30,32)(H,35,36). The van der Waals surface area contributed by atoms with Gasteiger partial charge in [-0.1, -0.05) is 30.3 Å². The van der Waals surface area contributed by atoms with E-state index in [0.717, 1.165) is 11.3 Å². The van der Waals surface area contributed by atoms with Gasteiger partial charge in [-0.25, -0.2) is 9.78 Å². The molecule has 2 heterocycles. The quantitative estimate of drug-likeness (QED) is 0.246. The Balaban J connectivity index is 1.73. The van der Waals surface area contributed by atoms with Crippen LogP contribution in [0, 0.1) is 0 Å². The lowest BCUT2D eigenvalue weighted by Crippen LogP contribution is -2.57. The molecule has 1 aliphatic heterocycles. The number of carboxylic acids is 1. The maximum Gasteiger partial charge on any atom is 0.326 e. The first kappa shape index (κ1) is 28.2. The molecule has 0 radical (unpaired) electrons. The Morgan fingerprint density at radius 2 is 1.95 bits per heavy atom. The van der Waals surface area contributed by atoms with E-state index in [1.54, 1.807) is 11.8 Å². The summed E-state index contributed by atoms with van der Waals surface area (Å²) in [6.45, 7) is 0.421. The molecule has 3 amide bonds. The van der Waals surface area contributed by atoms with E-state index in [2.05, 4.69) is 20.6 Å². The fraction of sp³-hybridized carbons (Fsp3) is 0.480. The number of amides is 3. The van der Waals surface area contributed by atoms with E-state index in [4.69, 9.17) is 5.73 Å². The highest BCUT2D eigenvalue weighted by Gasteiger charge is 2.38. The Hall–Kier alpha value is -3.38. The van der Waals surface area contributed by atoms with Crippen molar-refractivity contribution in [3.63, 3.8) is 0 Å². The second-order valence-corrected chi connectivity index (χ2v) is 9.99. The van der Waals surface area contributed by atoms with Gasteiger partial charge >= 0.3 is 5.97 Å². The lowest BCUT2D eigenvalue weighted by molar-refractivity contribution is -0.143. The number of hydrogen-bond donors (Lipinski definition) is 5. The number of carbonyl (C=O) groups is 4. The summed E-state index contributed by atoms with van der Waals surface area (Å²) in [4.78, 5) is 59.5. The zero-order valence-corrected chi connectivity index (χ0v) is 21.6. The van der Waals surface area contributed by atoms with Gasteiger partial charge in [0.15, 0.2) is 0 Å². The third-order valence-electron chi connectivity index (χ3n) is 6.30. The predicted molar refractivity (Wildman–Crippen MR) is 140 cm³/mol. The van der Waals surface area contributed by atoms with E-state index >= 15 is 0 Å². The molecule has 3 rings (SSSR count). The Morgan fingerprint density at radius 3 is 2.59 bits per heavy atom. The van der Waals surface area contributed by atoms with Gasteiger partial charge in [0.2, 0.25) is 17.7 Å². The summed E-state index contributed by atoms with van der Waals surface area (Å²) >= 11 is 1.60. The second kappa shape index (κ2) is 13.8. The van der Waals surface area contributed by atoms with Crippen LogP contribution in [0.3, 0.4) is 0 Å². The lowest BCUT2D eigenvalue weighted by atomic mass is 10.0. The first-order chi connectivity index (χ1) is 17.8. The maximum absolute atomic E-state index is 13.3. The van der Waals surface area contributed by atoms with Crippen molar-refractivity contribution < 1.29 is 24.3 Å². The fourth-order valence-corrected chi connectivity index (χ4v) is 4.79. The van der Waals surface area contributed by atoms with Gasteiger partial charge in [-0.05, 0) is 36.8 Å². The molecule has 37 heavy (non-hydrogen) atoms. The number of likely N-dealkylation sites (tertiary alicyclic amines) is 1. The SMILES string of the molecule is CSCCC(N)C(=O)N1CCCC1C(=O)NC(Cc1ccccc1)C(=O)NC(Cc1cnc[nH]1)C(=O)O. The van der Waals surface area contributed by atoms with Crippen LogP contribution in [-0.2, 0) is 32.0 Å². The molecule has 1 aromatic heterocycles. The van der Waals surface area contributed by atoms with Gasteiger partial charge < -0.3 is 31.4 Å². The zero-order chi connectivity index (χ0) is 26.8. The Morgan fingerprint density at radius 1 is 1.19 bits per heavy atom. The van der Waals surface area contributed by atoms with Gasteiger partial charge in [0.25, 0.3) is 0 Å². The molecule has 6 N–H and O–H groups in total. The average molecular weight is 531 g/mol. The molecule has 1 aromatic carbocycles. The summed E-state index contributed by atoms with van der Waals surface area (Å²) in [6, 6.07) is 5.43. The highest BCUT2D eigenvalue weighted by Crippen LogP contribution is 2.20. The molecular formula is C25H34N6O5S. The number of thioether (sulfide) groups is 1. The second-order valence-electron chi connectivity index (χ2n) is 9.01. The smallest absolute Gasteiger partial charge is 0.326 e. The number of hydrogen-bond acceptors (Lipinski definition) is 7.